The Balaban J connectivity index is 2.62. The lowest BCUT2D eigenvalue weighted by Crippen LogP contribution is -2.07. The van der Waals surface area contributed by atoms with Crippen molar-refractivity contribution in [1.82, 2.24) is 0 Å². The van der Waals surface area contributed by atoms with Gasteiger partial charge in [-0.15, -0.1) is 0 Å². The predicted molar refractivity (Wildman–Crippen MR) is 60.7 cm³/mol. The zero-order valence-electron chi connectivity index (χ0n) is 9.64. The lowest BCUT2D eigenvalue weighted by Gasteiger charge is -2.14. The zero-order valence-corrected chi connectivity index (χ0v) is 9.64. The molecule has 0 radical (unpaired) electrons. The minimum absolute atomic E-state index is 0.0213. The Morgan fingerprint density at radius 1 is 1.50 bits per heavy atom. The molecule has 0 atom stereocenters. The smallest absolute Gasteiger partial charge is 0.335 e. The molecule has 6 heteroatoms. The molecule has 1 aromatic rings. The number of phenolic OH excluding ortho intramolecular Hbond substituents is 1. The van der Waals surface area contributed by atoms with E-state index in [4.69, 9.17) is 9.84 Å². The number of methoxy groups -OCH3 is 1. The highest BCUT2D eigenvalue weighted by Gasteiger charge is 2.47. The van der Waals surface area contributed by atoms with E-state index in [9.17, 15) is 14.7 Å². The largest absolute Gasteiger partial charge is 0.504 e. The van der Waals surface area contributed by atoms with E-state index in [1.54, 1.807) is 0 Å². The maximum absolute atomic E-state index is 11.0. The normalized spacial score (nSPS) is 15.6. The van der Waals surface area contributed by atoms with Crippen LogP contribution in [0.15, 0.2) is 17.1 Å². The number of ether oxygens (including phenoxy) is 1. The highest BCUT2D eigenvalue weighted by Crippen LogP contribution is 2.54. The van der Waals surface area contributed by atoms with Crippen molar-refractivity contribution in [2.24, 2.45) is 4.99 Å². The minimum Gasteiger partial charge on any atom is -0.504 e. The van der Waals surface area contributed by atoms with E-state index >= 15 is 0 Å². The number of rotatable bonds is 4. The molecule has 0 aromatic heterocycles. The third kappa shape index (κ3) is 1.83. The van der Waals surface area contributed by atoms with Crippen LogP contribution in [-0.2, 0) is 10.3 Å². The van der Waals surface area contributed by atoms with Gasteiger partial charge in [-0.2, -0.15) is 4.99 Å². The molecule has 94 valence electrons. The minimum atomic E-state index is -1.14. The zero-order chi connectivity index (χ0) is 13.3. The summed E-state index contributed by atoms with van der Waals surface area (Å²) < 4.78 is 4.92. The van der Waals surface area contributed by atoms with Crippen LogP contribution in [0.1, 0.15) is 28.8 Å². The number of nitrogens with zero attached hydrogens (tertiary/aromatic N) is 1. The maximum atomic E-state index is 11.0. The van der Waals surface area contributed by atoms with Crippen molar-refractivity contribution in [2.75, 3.05) is 7.11 Å². The molecular weight excluding hydrogens is 238 g/mol. The summed E-state index contributed by atoms with van der Waals surface area (Å²) in [7, 11) is 1.33. The Hall–Kier alpha value is -2.33. The third-order valence-corrected chi connectivity index (χ3v) is 3.03. The van der Waals surface area contributed by atoms with Gasteiger partial charge in [0.25, 0.3) is 0 Å². The molecule has 0 heterocycles. The Bertz CT molecular complexity index is 556. The molecule has 0 amide bonds. The highest BCUT2D eigenvalue weighted by atomic mass is 16.5. The number of phenols is 1. The van der Waals surface area contributed by atoms with Gasteiger partial charge in [-0.25, -0.2) is 9.59 Å². The van der Waals surface area contributed by atoms with Gasteiger partial charge in [-0.05, 0) is 25.0 Å². The van der Waals surface area contributed by atoms with Crippen LogP contribution in [0, 0.1) is 0 Å². The molecule has 0 saturated heterocycles. The first-order valence-corrected chi connectivity index (χ1v) is 5.28. The monoisotopic (exact) mass is 249 g/mol. The number of isocyanates is 1. The SMILES string of the molecule is COc1cc(C(=O)O)cc(C2(N=C=O)CC2)c1O. The summed E-state index contributed by atoms with van der Waals surface area (Å²) >= 11 is 0. The number of benzene rings is 1. The first-order valence-electron chi connectivity index (χ1n) is 5.28. The Morgan fingerprint density at radius 2 is 2.17 bits per heavy atom. The summed E-state index contributed by atoms with van der Waals surface area (Å²) in [5.41, 5.74) is -0.570. The van der Waals surface area contributed by atoms with E-state index in [1.807, 2.05) is 0 Å². The average molecular weight is 249 g/mol. The molecule has 1 fully saturated rings. The standard InChI is InChI=1S/C12H11NO5/c1-18-9-5-7(11(16)17)4-8(10(9)15)12(2-3-12)13-6-14/h4-5,15H,2-3H2,1H3,(H,16,17). The fourth-order valence-corrected chi connectivity index (χ4v) is 1.89. The molecule has 1 saturated carbocycles. The lowest BCUT2D eigenvalue weighted by molar-refractivity contribution is 0.0696. The number of aromatic carboxylic acids is 1. The van der Waals surface area contributed by atoms with Gasteiger partial charge in [0.15, 0.2) is 11.5 Å². The molecular formula is C12H11NO5. The lowest BCUT2D eigenvalue weighted by atomic mass is 10.0. The van der Waals surface area contributed by atoms with Gasteiger partial charge in [0.1, 0.15) is 5.54 Å². The van der Waals surface area contributed by atoms with E-state index in [0.29, 0.717) is 18.4 Å². The molecule has 6 nitrogen and oxygen atoms in total. The number of carboxylic acid groups (broad SMARTS) is 1. The molecule has 1 aliphatic carbocycles. The second-order valence-corrected chi connectivity index (χ2v) is 4.11. The van der Waals surface area contributed by atoms with E-state index in [1.165, 1.54) is 25.3 Å². The summed E-state index contributed by atoms with van der Waals surface area (Å²) in [6.45, 7) is 0. The molecule has 1 aliphatic rings. The van der Waals surface area contributed by atoms with Crippen LogP contribution in [-0.4, -0.2) is 29.4 Å². The van der Waals surface area contributed by atoms with Crippen LogP contribution in [0.3, 0.4) is 0 Å². The average Bonchev–Trinajstić information content (AvgIpc) is 3.10. The van der Waals surface area contributed by atoms with Crippen LogP contribution >= 0.6 is 0 Å². The van der Waals surface area contributed by atoms with Gasteiger partial charge in [0.2, 0.25) is 6.08 Å². The number of carbonyl (C=O) groups excluding carboxylic acids is 1. The van der Waals surface area contributed by atoms with Crippen molar-refractivity contribution in [1.29, 1.82) is 0 Å². The number of carboxylic acids is 1. The quantitative estimate of drug-likeness (QED) is 0.621. The van der Waals surface area contributed by atoms with Crippen LogP contribution < -0.4 is 4.74 Å². The molecule has 0 bridgehead atoms. The van der Waals surface area contributed by atoms with Crippen molar-refractivity contribution in [3.8, 4) is 11.5 Å². The van der Waals surface area contributed by atoms with Crippen molar-refractivity contribution in [3.63, 3.8) is 0 Å². The van der Waals surface area contributed by atoms with E-state index < -0.39 is 11.5 Å². The Kier molecular flexibility index (Phi) is 2.80. The van der Waals surface area contributed by atoms with Crippen LogP contribution in [0.4, 0.5) is 0 Å². The van der Waals surface area contributed by atoms with Crippen LogP contribution in [0.2, 0.25) is 0 Å². The van der Waals surface area contributed by atoms with E-state index in [-0.39, 0.29) is 17.1 Å². The predicted octanol–water partition coefficient (Wildman–Crippen LogP) is 1.42. The third-order valence-electron chi connectivity index (χ3n) is 3.03. The molecule has 0 aliphatic heterocycles. The number of carbonyl (C=O) groups is 1. The van der Waals surface area contributed by atoms with Gasteiger partial charge < -0.3 is 14.9 Å². The van der Waals surface area contributed by atoms with Gasteiger partial charge >= 0.3 is 5.97 Å². The van der Waals surface area contributed by atoms with Gasteiger partial charge in [0.05, 0.1) is 12.7 Å². The summed E-state index contributed by atoms with van der Waals surface area (Å²) in [5.74, 6) is -1.27. The van der Waals surface area contributed by atoms with E-state index in [0.717, 1.165) is 0 Å². The highest BCUT2D eigenvalue weighted by molar-refractivity contribution is 5.89. The molecule has 1 aromatic carbocycles. The van der Waals surface area contributed by atoms with Gasteiger partial charge in [0, 0.05) is 5.56 Å². The second-order valence-electron chi connectivity index (χ2n) is 4.11. The van der Waals surface area contributed by atoms with Gasteiger partial charge in [-0.3, -0.25) is 0 Å². The summed E-state index contributed by atoms with van der Waals surface area (Å²) in [5, 5.41) is 19.0. The Labute approximate surface area is 103 Å². The summed E-state index contributed by atoms with van der Waals surface area (Å²) in [6.07, 6.45) is 2.60. The fourth-order valence-electron chi connectivity index (χ4n) is 1.89. The fraction of sp³-hybridized carbons (Fsp3) is 0.333. The van der Waals surface area contributed by atoms with Crippen LogP contribution in [0.25, 0.3) is 0 Å². The van der Waals surface area contributed by atoms with Crippen LogP contribution in [0.5, 0.6) is 11.5 Å². The van der Waals surface area contributed by atoms with Crippen molar-refractivity contribution in [2.45, 2.75) is 18.4 Å². The number of aromatic hydroxyl groups is 1. The first kappa shape index (κ1) is 12.1. The first-order chi connectivity index (χ1) is 8.54. The van der Waals surface area contributed by atoms with Crippen molar-refractivity contribution >= 4 is 12.0 Å². The molecule has 2 N–H and O–H groups in total. The molecule has 0 spiro atoms. The Morgan fingerprint density at radius 3 is 2.61 bits per heavy atom. The number of hydrogen-bond donors (Lipinski definition) is 2. The second kappa shape index (κ2) is 4.16. The molecule has 18 heavy (non-hydrogen) atoms. The summed E-state index contributed by atoms with van der Waals surface area (Å²) in [6, 6.07) is 2.54. The van der Waals surface area contributed by atoms with Crippen molar-refractivity contribution in [3.05, 3.63) is 23.3 Å². The number of hydrogen-bond acceptors (Lipinski definition) is 5. The summed E-state index contributed by atoms with van der Waals surface area (Å²) in [4.78, 5) is 25.1. The van der Waals surface area contributed by atoms with E-state index in [2.05, 4.69) is 4.99 Å². The van der Waals surface area contributed by atoms with Gasteiger partial charge in [-0.1, -0.05) is 0 Å². The maximum Gasteiger partial charge on any atom is 0.335 e. The topological polar surface area (TPSA) is 96.2 Å². The molecule has 0 unspecified atom stereocenters. The number of aliphatic imine (C=N–C) groups is 1. The van der Waals surface area contributed by atoms with Crippen molar-refractivity contribution < 1.29 is 24.5 Å². The molecule has 2 rings (SSSR count).